The molecule has 0 aliphatic carbocycles. The van der Waals surface area contributed by atoms with Crippen LogP contribution in [-0.4, -0.2) is 58.2 Å². The number of carbonyl (C=O) groups excluding carboxylic acids is 1. The van der Waals surface area contributed by atoms with Crippen LogP contribution in [0.3, 0.4) is 0 Å². The first-order valence-electron chi connectivity index (χ1n) is 10.5. The molecule has 0 radical (unpaired) electrons. The number of likely N-dealkylation sites (tertiary alicyclic amines) is 1. The van der Waals surface area contributed by atoms with Crippen LogP contribution in [0.4, 0.5) is 13.2 Å². The van der Waals surface area contributed by atoms with E-state index in [2.05, 4.69) is 16.9 Å². The number of amides is 1. The lowest BCUT2D eigenvalue weighted by Crippen LogP contribution is -2.28. The van der Waals surface area contributed by atoms with Gasteiger partial charge in [0, 0.05) is 38.4 Å². The Labute approximate surface area is 183 Å². The predicted octanol–water partition coefficient (Wildman–Crippen LogP) is 3.35. The molecule has 10 heteroatoms. The molecule has 1 aromatic carbocycles. The van der Waals surface area contributed by atoms with Gasteiger partial charge < -0.3 is 14.4 Å². The molecule has 2 atom stereocenters. The van der Waals surface area contributed by atoms with Crippen molar-refractivity contribution >= 4 is 5.91 Å². The molecule has 1 amide bonds. The van der Waals surface area contributed by atoms with Gasteiger partial charge in [0.2, 0.25) is 5.91 Å². The van der Waals surface area contributed by atoms with Gasteiger partial charge in [0.05, 0.1) is 30.0 Å². The number of hydrogen-bond donors (Lipinski definition) is 0. The molecule has 3 heterocycles. The summed E-state index contributed by atoms with van der Waals surface area (Å²) >= 11 is 0. The quantitative estimate of drug-likeness (QED) is 0.632. The number of hydrogen-bond acceptors (Lipinski definition) is 5. The Morgan fingerprint density at radius 3 is 2.59 bits per heavy atom. The van der Waals surface area contributed by atoms with Crippen molar-refractivity contribution in [3.8, 4) is 0 Å². The van der Waals surface area contributed by atoms with E-state index >= 15 is 0 Å². The van der Waals surface area contributed by atoms with Crippen LogP contribution >= 0.6 is 0 Å². The lowest BCUT2D eigenvalue weighted by atomic mass is 9.97. The highest BCUT2D eigenvalue weighted by molar-refractivity contribution is 5.87. The van der Waals surface area contributed by atoms with Crippen LogP contribution in [0, 0.1) is 0 Å². The Bertz CT molecular complexity index is 939. The topological polar surface area (TPSA) is 69.5 Å². The van der Waals surface area contributed by atoms with Gasteiger partial charge in [-0.25, -0.2) is 4.68 Å². The summed E-state index contributed by atoms with van der Waals surface area (Å²) < 4.78 is 51.5. The third-order valence-corrected chi connectivity index (χ3v) is 5.98. The van der Waals surface area contributed by atoms with Gasteiger partial charge in [0.1, 0.15) is 0 Å². The number of halogens is 3. The second-order valence-corrected chi connectivity index (χ2v) is 8.07. The van der Waals surface area contributed by atoms with Crippen LogP contribution in [-0.2, 0) is 27.1 Å². The highest BCUT2D eigenvalue weighted by atomic mass is 19.4. The second-order valence-electron chi connectivity index (χ2n) is 8.07. The third kappa shape index (κ3) is 5.02. The Hall–Kier alpha value is -2.72. The summed E-state index contributed by atoms with van der Waals surface area (Å²) in [5, 5.41) is 8.63. The zero-order chi connectivity index (χ0) is 22.7. The predicted molar refractivity (Wildman–Crippen MR) is 109 cm³/mol. The van der Waals surface area contributed by atoms with Gasteiger partial charge in [0.25, 0.3) is 0 Å². The minimum Gasteiger partial charge on any atom is -0.381 e. The standard InChI is InChI=1S/C22H25F3N4O3/c1-2-21(30)28-12-19(29-11-18(26-27-29)16-7-9-31-10-8-16)20(13-28)32-14-15-3-5-17(6-4-15)22(23,24)25/h2-6,11,16,19-20H,1,7-10,12-14H2/t19-,20-/m1/s1. The summed E-state index contributed by atoms with van der Waals surface area (Å²) in [6.07, 6.45) is 0.166. The van der Waals surface area contributed by atoms with Crippen LogP contribution in [0.25, 0.3) is 0 Å². The average Bonchev–Trinajstić information content (AvgIpc) is 3.45. The molecule has 0 unspecified atom stereocenters. The maximum atomic E-state index is 12.8. The molecule has 7 nitrogen and oxygen atoms in total. The largest absolute Gasteiger partial charge is 0.416 e. The SMILES string of the molecule is C=CC(=O)N1C[C@@H](n2cc(C3CCOCC3)nn2)[C@H](OCc2ccc(C(F)(F)F)cc2)C1. The van der Waals surface area contributed by atoms with E-state index in [1.165, 1.54) is 18.2 Å². The van der Waals surface area contributed by atoms with Crippen molar-refractivity contribution in [3.05, 3.63) is 59.9 Å². The maximum Gasteiger partial charge on any atom is 0.416 e. The van der Waals surface area contributed by atoms with Gasteiger partial charge in [-0.15, -0.1) is 5.10 Å². The van der Waals surface area contributed by atoms with Crippen LogP contribution in [0.15, 0.2) is 43.1 Å². The van der Waals surface area contributed by atoms with Crippen molar-refractivity contribution in [1.82, 2.24) is 19.9 Å². The fraction of sp³-hybridized carbons (Fsp3) is 0.500. The number of carbonyl (C=O) groups is 1. The molecule has 32 heavy (non-hydrogen) atoms. The molecule has 2 aliphatic rings. The number of nitrogens with zero attached hydrogens (tertiary/aromatic N) is 4. The van der Waals surface area contributed by atoms with Crippen molar-refractivity contribution < 1.29 is 27.4 Å². The van der Waals surface area contributed by atoms with E-state index in [0.29, 0.717) is 31.9 Å². The lowest BCUT2D eigenvalue weighted by Gasteiger charge is -2.20. The summed E-state index contributed by atoms with van der Waals surface area (Å²) in [4.78, 5) is 13.8. The first-order valence-corrected chi connectivity index (χ1v) is 10.5. The van der Waals surface area contributed by atoms with E-state index < -0.39 is 11.7 Å². The van der Waals surface area contributed by atoms with Crippen molar-refractivity contribution in [2.75, 3.05) is 26.3 Å². The zero-order valence-corrected chi connectivity index (χ0v) is 17.5. The molecule has 2 fully saturated rings. The molecule has 0 spiro atoms. The van der Waals surface area contributed by atoms with Crippen molar-refractivity contribution in [1.29, 1.82) is 0 Å². The number of ether oxygens (including phenoxy) is 2. The minimum absolute atomic E-state index is 0.122. The average molecular weight is 450 g/mol. The molecule has 2 saturated heterocycles. The number of benzene rings is 1. The van der Waals surface area contributed by atoms with E-state index in [0.717, 1.165) is 30.7 Å². The molecular formula is C22H25F3N4O3. The molecule has 2 aliphatic heterocycles. The van der Waals surface area contributed by atoms with Crippen molar-refractivity contribution in [2.24, 2.45) is 0 Å². The molecule has 0 saturated carbocycles. The minimum atomic E-state index is -4.38. The van der Waals surface area contributed by atoms with Crippen LogP contribution < -0.4 is 0 Å². The molecule has 0 bridgehead atoms. The Kier molecular flexibility index (Phi) is 6.61. The van der Waals surface area contributed by atoms with E-state index in [4.69, 9.17) is 9.47 Å². The number of alkyl halides is 3. The molecule has 4 rings (SSSR count). The first kappa shape index (κ1) is 22.5. The lowest BCUT2D eigenvalue weighted by molar-refractivity contribution is -0.137. The van der Waals surface area contributed by atoms with Crippen molar-refractivity contribution in [3.63, 3.8) is 0 Å². The van der Waals surface area contributed by atoms with Gasteiger partial charge in [-0.05, 0) is 36.6 Å². The van der Waals surface area contributed by atoms with Gasteiger partial charge in [-0.3, -0.25) is 4.79 Å². The molecular weight excluding hydrogens is 425 g/mol. The summed E-state index contributed by atoms with van der Waals surface area (Å²) in [6.45, 7) is 5.78. The Morgan fingerprint density at radius 1 is 1.22 bits per heavy atom. The van der Waals surface area contributed by atoms with E-state index in [9.17, 15) is 18.0 Å². The van der Waals surface area contributed by atoms with Crippen molar-refractivity contribution in [2.45, 2.75) is 43.7 Å². The van der Waals surface area contributed by atoms with Crippen LogP contribution in [0.1, 0.15) is 41.6 Å². The third-order valence-electron chi connectivity index (χ3n) is 5.98. The fourth-order valence-electron chi connectivity index (χ4n) is 4.11. The van der Waals surface area contributed by atoms with Crippen LogP contribution in [0.5, 0.6) is 0 Å². The summed E-state index contributed by atoms with van der Waals surface area (Å²) in [6, 6.07) is 4.62. The number of rotatable bonds is 6. The zero-order valence-electron chi connectivity index (χ0n) is 17.5. The summed E-state index contributed by atoms with van der Waals surface area (Å²) in [7, 11) is 0. The van der Waals surface area contributed by atoms with Crippen LogP contribution in [0.2, 0.25) is 0 Å². The van der Waals surface area contributed by atoms with Gasteiger partial charge in [-0.2, -0.15) is 13.2 Å². The highest BCUT2D eigenvalue weighted by Crippen LogP contribution is 2.31. The molecule has 172 valence electrons. The van der Waals surface area contributed by atoms with Gasteiger partial charge in [0.15, 0.2) is 0 Å². The Morgan fingerprint density at radius 2 is 1.94 bits per heavy atom. The number of aromatic nitrogens is 3. The van der Waals surface area contributed by atoms with Gasteiger partial charge >= 0.3 is 6.18 Å². The van der Waals surface area contributed by atoms with E-state index in [1.54, 1.807) is 9.58 Å². The maximum absolute atomic E-state index is 12.8. The molecule has 1 aromatic heterocycles. The van der Waals surface area contributed by atoms with Gasteiger partial charge in [-0.1, -0.05) is 23.9 Å². The van der Waals surface area contributed by atoms with E-state index in [-0.39, 0.29) is 30.6 Å². The highest BCUT2D eigenvalue weighted by Gasteiger charge is 2.38. The summed E-state index contributed by atoms with van der Waals surface area (Å²) in [5.74, 6) is 0.0803. The smallest absolute Gasteiger partial charge is 0.381 e. The van der Waals surface area contributed by atoms with E-state index in [1.807, 2.05) is 6.20 Å². The first-order chi connectivity index (χ1) is 15.3. The fourth-order valence-corrected chi connectivity index (χ4v) is 4.11. The Balaban J connectivity index is 1.46. The summed E-state index contributed by atoms with van der Waals surface area (Å²) in [5.41, 5.74) is 0.807. The second kappa shape index (κ2) is 9.41. The normalized spacial score (nSPS) is 22.3. The molecule has 2 aromatic rings. The monoisotopic (exact) mass is 450 g/mol. The molecule has 0 N–H and O–H groups in total.